The predicted octanol–water partition coefficient (Wildman–Crippen LogP) is 2.32. The molecule has 1 aromatic heterocycles. The van der Waals surface area contributed by atoms with Crippen LogP contribution in [-0.4, -0.2) is 86.0 Å². The maximum absolute atomic E-state index is 13.0. The minimum absolute atomic E-state index is 0.0226. The first-order valence-electron chi connectivity index (χ1n) is 12.3. The minimum Gasteiger partial charge on any atom is -0.457 e. The van der Waals surface area contributed by atoms with Crippen molar-refractivity contribution < 1.29 is 29.0 Å². The highest BCUT2D eigenvalue weighted by Gasteiger charge is 2.60. The number of fused-ring (bicyclic) bond motifs is 1. The Morgan fingerprint density at radius 2 is 1.92 bits per heavy atom. The molecule has 1 aromatic rings. The van der Waals surface area contributed by atoms with E-state index in [-0.39, 0.29) is 48.1 Å². The van der Waals surface area contributed by atoms with Gasteiger partial charge >= 0.3 is 12.1 Å². The van der Waals surface area contributed by atoms with Crippen molar-refractivity contribution >= 4 is 29.7 Å². The maximum Gasteiger partial charge on any atom is 0.410 e. The lowest BCUT2D eigenvalue weighted by molar-refractivity contribution is -0.164. The molecule has 1 N–H and O–H groups in total. The quantitative estimate of drug-likeness (QED) is 0.277. The van der Waals surface area contributed by atoms with E-state index in [0.29, 0.717) is 19.4 Å². The molecule has 2 saturated heterocycles. The topological polar surface area (TPSA) is 122 Å². The highest BCUT2D eigenvalue weighted by atomic mass is 32.2. The highest BCUT2D eigenvalue weighted by Crippen LogP contribution is 2.52. The van der Waals surface area contributed by atoms with Gasteiger partial charge in [0.25, 0.3) is 0 Å². The highest BCUT2D eigenvalue weighted by molar-refractivity contribution is 8.03. The van der Waals surface area contributed by atoms with Gasteiger partial charge in [-0.15, -0.1) is 11.8 Å². The second kappa shape index (κ2) is 11.5. The summed E-state index contributed by atoms with van der Waals surface area (Å²) in [5, 5.41) is 10.2. The van der Waals surface area contributed by atoms with Crippen LogP contribution < -0.4 is 0 Å². The average Bonchev–Trinajstić information content (AvgIpc) is 3.38. The SMILES string of the molecule is C=CCOC(=O)C1=C(S[C@H]2C[C@@H](Cc3cncnc3)N(C(=O)OCC=C)C2)[C@H](C)[C@@H]2[C@@H]([C@@H](C)O)C(=O)N12. The maximum atomic E-state index is 13.0. The van der Waals surface area contributed by atoms with E-state index in [2.05, 4.69) is 23.1 Å². The number of hydrogen-bond acceptors (Lipinski definition) is 9. The van der Waals surface area contributed by atoms with Crippen molar-refractivity contribution in [1.82, 2.24) is 19.8 Å². The van der Waals surface area contributed by atoms with Gasteiger partial charge in [0.2, 0.25) is 5.91 Å². The average molecular weight is 529 g/mol. The van der Waals surface area contributed by atoms with Gasteiger partial charge in [0, 0.05) is 41.1 Å². The van der Waals surface area contributed by atoms with Gasteiger partial charge in [-0.3, -0.25) is 4.79 Å². The van der Waals surface area contributed by atoms with Crippen molar-refractivity contribution in [3.05, 3.63) is 60.2 Å². The summed E-state index contributed by atoms with van der Waals surface area (Å²) in [7, 11) is 0. The van der Waals surface area contributed by atoms with E-state index >= 15 is 0 Å². The molecule has 37 heavy (non-hydrogen) atoms. The zero-order valence-electron chi connectivity index (χ0n) is 21.0. The molecular weight excluding hydrogens is 496 g/mol. The number of likely N-dealkylation sites (tertiary alicyclic amines) is 1. The van der Waals surface area contributed by atoms with Crippen molar-refractivity contribution in [2.24, 2.45) is 11.8 Å². The molecule has 4 rings (SSSR count). The second-order valence-electron chi connectivity index (χ2n) is 9.45. The lowest BCUT2D eigenvalue weighted by atomic mass is 9.79. The zero-order chi connectivity index (χ0) is 26.7. The number of aliphatic hydroxyl groups excluding tert-OH is 1. The lowest BCUT2D eigenvalue weighted by Gasteiger charge is -2.46. The summed E-state index contributed by atoms with van der Waals surface area (Å²) in [5.41, 5.74) is 1.13. The van der Waals surface area contributed by atoms with Crippen LogP contribution >= 0.6 is 11.8 Å². The van der Waals surface area contributed by atoms with E-state index in [1.165, 1.54) is 35.1 Å². The van der Waals surface area contributed by atoms with Crippen LogP contribution in [0, 0.1) is 11.8 Å². The van der Waals surface area contributed by atoms with E-state index in [0.717, 1.165) is 10.5 Å². The van der Waals surface area contributed by atoms with Crippen LogP contribution in [0.4, 0.5) is 4.79 Å². The van der Waals surface area contributed by atoms with Gasteiger partial charge < -0.3 is 24.4 Å². The predicted molar refractivity (Wildman–Crippen MR) is 137 cm³/mol. The lowest BCUT2D eigenvalue weighted by Crippen LogP contribution is -2.63. The summed E-state index contributed by atoms with van der Waals surface area (Å²) in [6.07, 6.45) is 7.84. The zero-order valence-corrected chi connectivity index (χ0v) is 21.8. The van der Waals surface area contributed by atoms with E-state index in [9.17, 15) is 19.5 Å². The third-order valence-corrected chi connectivity index (χ3v) is 8.44. The summed E-state index contributed by atoms with van der Waals surface area (Å²) >= 11 is 1.49. The van der Waals surface area contributed by atoms with Crippen LogP contribution in [0.15, 0.2) is 54.6 Å². The number of esters is 1. The Labute approximate surface area is 220 Å². The number of ether oxygens (including phenoxy) is 2. The largest absolute Gasteiger partial charge is 0.457 e. The van der Waals surface area contributed by atoms with Crippen molar-refractivity contribution in [2.45, 2.75) is 50.1 Å². The van der Waals surface area contributed by atoms with Gasteiger partial charge in [0.05, 0.1) is 18.1 Å². The Kier molecular flexibility index (Phi) is 8.33. The van der Waals surface area contributed by atoms with Gasteiger partial charge in [-0.2, -0.15) is 0 Å². The van der Waals surface area contributed by atoms with Crippen LogP contribution in [0.2, 0.25) is 0 Å². The van der Waals surface area contributed by atoms with Crippen molar-refractivity contribution in [1.29, 1.82) is 0 Å². The number of hydrogen-bond donors (Lipinski definition) is 1. The number of β-lactam (4-membered cyclic amide) rings is 1. The van der Waals surface area contributed by atoms with Gasteiger partial charge in [-0.05, 0) is 25.3 Å². The fourth-order valence-corrected chi connectivity index (χ4v) is 6.91. The Hall–Kier alpha value is -3.18. The number of carbonyl (C=O) groups is 3. The molecule has 4 heterocycles. The molecule has 6 atom stereocenters. The number of aromatic nitrogens is 2. The van der Waals surface area contributed by atoms with Crippen LogP contribution in [0.5, 0.6) is 0 Å². The molecule has 10 nitrogen and oxygen atoms in total. The molecule has 11 heteroatoms. The van der Waals surface area contributed by atoms with Gasteiger partial charge in [-0.25, -0.2) is 19.6 Å². The number of carbonyl (C=O) groups excluding carboxylic acids is 3. The number of thioether (sulfide) groups is 1. The standard InChI is InChI=1S/C26H32N4O6S/c1-5-7-35-25(33)22-23(15(3)21-20(16(4)31)24(32)30(21)22)37-19-10-18(9-17-11-27-14-28-12-17)29(13-19)26(34)36-8-6-2/h5-6,11-12,14-16,18-21,31H,1-2,7-10,13H2,3-4H3/t15-,16-,18-,19+,20-,21-/m1/s1. The number of rotatable bonds is 10. The fourth-order valence-electron chi connectivity index (χ4n) is 5.35. The first kappa shape index (κ1) is 26.9. The molecule has 198 valence electrons. The van der Waals surface area contributed by atoms with E-state index in [4.69, 9.17) is 9.47 Å². The molecule has 2 fully saturated rings. The van der Waals surface area contributed by atoms with Gasteiger partial charge in [-0.1, -0.05) is 32.2 Å². The Morgan fingerprint density at radius 3 is 2.57 bits per heavy atom. The number of nitrogens with zero attached hydrogens (tertiary/aromatic N) is 4. The molecule has 0 unspecified atom stereocenters. The van der Waals surface area contributed by atoms with Crippen molar-refractivity contribution in [3.8, 4) is 0 Å². The molecule has 0 spiro atoms. The smallest absolute Gasteiger partial charge is 0.410 e. The Morgan fingerprint density at radius 1 is 1.24 bits per heavy atom. The molecule has 0 bridgehead atoms. The molecule has 0 radical (unpaired) electrons. The molecular formula is C26H32N4O6S. The van der Waals surface area contributed by atoms with Crippen LogP contribution in [0.25, 0.3) is 0 Å². The van der Waals surface area contributed by atoms with Crippen LogP contribution in [0.1, 0.15) is 25.8 Å². The second-order valence-corrected chi connectivity index (χ2v) is 10.8. The number of aliphatic hydroxyl groups is 1. The van der Waals surface area contributed by atoms with E-state index in [1.54, 1.807) is 24.2 Å². The van der Waals surface area contributed by atoms with Crippen LogP contribution in [-0.2, 0) is 25.5 Å². The Bertz CT molecular complexity index is 1090. The van der Waals surface area contributed by atoms with Crippen LogP contribution in [0.3, 0.4) is 0 Å². The van der Waals surface area contributed by atoms with E-state index in [1.807, 2.05) is 6.92 Å². The third kappa shape index (κ3) is 5.28. The number of amides is 2. The fraction of sp³-hybridized carbons (Fsp3) is 0.500. The minimum atomic E-state index is -0.829. The van der Waals surface area contributed by atoms with E-state index < -0.39 is 24.1 Å². The molecule has 3 aliphatic rings. The van der Waals surface area contributed by atoms with Gasteiger partial charge in [0.1, 0.15) is 25.2 Å². The third-order valence-electron chi connectivity index (χ3n) is 6.95. The Balaban J connectivity index is 1.59. The molecule has 0 aromatic carbocycles. The monoisotopic (exact) mass is 528 g/mol. The normalized spacial score (nSPS) is 27.4. The summed E-state index contributed by atoms with van der Waals surface area (Å²) < 4.78 is 10.7. The summed E-state index contributed by atoms with van der Waals surface area (Å²) in [5.74, 6) is -1.62. The van der Waals surface area contributed by atoms with Crippen molar-refractivity contribution in [2.75, 3.05) is 19.8 Å². The molecule has 0 aliphatic carbocycles. The first-order chi connectivity index (χ1) is 17.8. The molecule has 3 aliphatic heterocycles. The summed E-state index contributed by atoms with van der Waals surface area (Å²) in [6.45, 7) is 11.3. The first-order valence-corrected chi connectivity index (χ1v) is 13.1. The summed E-state index contributed by atoms with van der Waals surface area (Å²) in [6, 6.07) is -0.466. The summed E-state index contributed by atoms with van der Waals surface area (Å²) in [4.78, 5) is 50.9. The molecule has 0 saturated carbocycles. The molecule has 2 amide bonds. The van der Waals surface area contributed by atoms with Gasteiger partial charge in [0.15, 0.2) is 0 Å². The van der Waals surface area contributed by atoms with Crippen molar-refractivity contribution in [3.63, 3.8) is 0 Å².